The first-order valence-corrected chi connectivity index (χ1v) is 14.4. The quantitative estimate of drug-likeness (QED) is 0.250. The maximum absolute atomic E-state index is 11.4. The Labute approximate surface area is 201 Å². The van der Waals surface area contributed by atoms with Gasteiger partial charge in [0, 0.05) is 51.3 Å². The van der Waals surface area contributed by atoms with Crippen molar-refractivity contribution in [1.82, 2.24) is 0 Å². The molecule has 1 heterocycles. The summed E-state index contributed by atoms with van der Waals surface area (Å²) in [5.41, 5.74) is -10.9. The van der Waals surface area contributed by atoms with E-state index in [1.54, 1.807) is 21.3 Å². The zero-order valence-corrected chi connectivity index (χ0v) is 22.4. The van der Waals surface area contributed by atoms with E-state index < -0.39 is 39.9 Å². The highest BCUT2D eigenvalue weighted by Crippen LogP contribution is 2.36. The highest BCUT2D eigenvalue weighted by atomic mass is 32.3. The van der Waals surface area contributed by atoms with E-state index in [1.165, 1.54) is 5.69 Å². The number of sulfonamides is 2. The largest absolute Gasteiger partial charge is 0.500 e. The predicted octanol–water partition coefficient (Wildman–Crippen LogP) is 3.60. The smallest absolute Gasteiger partial charge is 0.421 e. The standard InChI is InChI=1S/C15H28NO3Si.C2F6NO4S2/c1-15(2,3)14-10-7-8-11-16(14)12-9-13-20(17-4,18-5)19-6;3-1(4,5)14(10,11)9-15(12,13)2(6,7)8/h7-8,10-11H,9,12-13H2,1-6H3;/q+1;-1. The van der Waals surface area contributed by atoms with Crippen LogP contribution in [0.4, 0.5) is 26.3 Å². The van der Waals surface area contributed by atoms with E-state index in [2.05, 4.69) is 49.7 Å². The molecule has 0 aliphatic carbocycles. The average molecular weight is 579 g/mol. The van der Waals surface area contributed by atoms with E-state index in [1.807, 2.05) is 0 Å². The maximum Gasteiger partial charge on any atom is 0.500 e. The SMILES string of the molecule is CO[Si](CCC[n+]1ccccc1C(C)(C)C)(OC)OC.O=S(=O)([N-]S(=O)(=O)C(F)(F)F)C(F)(F)F. The van der Waals surface area contributed by atoms with Crippen LogP contribution in [0.3, 0.4) is 0 Å². The van der Waals surface area contributed by atoms with Gasteiger partial charge in [-0.15, -0.1) is 0 Å². The van der Waals surface area contributed by atoms with Crippen molar-refractivity contribution < 1.29 is 61.0 Å². The van der Waals surface area contributed by atoms with Gasteiger partial charge in [0.05, 0.1) is 0 Å². The lowest BCUT2D eigenvalue weighted by atomic mass is 9.91. The molecule has 0 radical (unpaired) electrons. The van der Waals surface area contributed by atoms with E-state index in [9.17, 15) is 43.2 Å². The van der Waals surface area contributed by atoms with Gasteiger partial charge in [-0.1, -0.05) is 26.8 Å². The van der Waals surface area contributed by atoms with Crippen molar-refractivity contribution in [3.05, 3.63) is 34.2 Å². The topological polar surface area (TPSA) is 114 Å². The van der Waals surface area contributed by atoms with Crippen LogP contribution in [0.1, 0.15) is 32.9 Å². The molecule has 0 aliphatic rings. The molecule has 1 aromatic rings. The molecule has 0 aromatic carbocycles. The molecule has 0 fully saturated rings. The Morgan fingerprint density at radius 2 is 1.29 bits per heavy atom. The number of alkyl halides is 6. The summed E-state index contributed by atoms with van der Waals surface area (Å²) < 4.78 is 128. The van der Waals surface area contributed by atoms with Crippen molar-refractivity contribution in [2.75, 3.05) is 21.3 Å². The summed E-state index contributed by atoms with van der Waals surface area (Å²) in [6.07, 6.45) is 3.11. The summed E-state index contributed by atoms with van der Waals surface area (Å²) in [7, 11) is -10.9. The number of hydrogen-bond donors (Lipinski definition) is 0. The van der Waals surface area contributed by atoms with Crippen LogP contribution in [0.25, 0.3) is 4.13 Å². The Kier molecular flexibility index (Phi) is 11.8. The van der Waals surface area contributed by atoms with Crippen LogP contribution in [0.5, 0.6) is 0 Å². The summed E-state index contributed by atoms with van der Waals surface area (Å²) in [5, 5.41) is 0. The number of rotatable bonds is 9. The number of hydrogen-bond acceptors (Lipinski definition) is 7. The van der Waals surface area contributed by atoms with Gasteiger partial charge in [-0.05, 0) is 0 Å². The molecule has 0 N–H and O–H groups in total. The van der Waals surface area contributed by atoms with Gasteiger partial charge < -0.3 is 17.4 Å². The maximum atomic E-state index is 11.4. The van der Waals surface area contributed by atoms with Crippen molar-refractivity contribution in [1.29, 1.82) is 0 Å². The fraction of sp³-hybridized carbons (Fsp3) is 0.706. The van der Waals surface area contributed by atoms with E-state index in [4.69, 9.17) is 13.3 Å². The lowest BCUT2D eigenvalue weighted by molar-refractivity contribution is -0.707. The first-order valence-electron chi connectivity index (χ1n) is 9.60. The Balaban J connectivity index is 0.000000691. The Morgan fingerprint density at radius 3 is 1.63 bits per heavy atom. The summed E-state index contributed by atoms with van der Waals surface area (Å²) in [6, 6.07) is 7.17. The van der Waals surface area contributed by atoms with Crippen molar-refractivity contribution in [2.45, 2.75) is 56.2 Å². The van der Waals surface area contributed by atoms with Crippen LogP contribution in [0.15, 0.2) is 24.4 Å². The zero-order valence-electron chi connectivity index (χ0n) is 19.8. The van der Waals surface area contributed by atoms with Gasteiger partial charge in [0.15, 0.2) is 31.9 Å². The summed E-state index contributed by atoms with van der Waals surface area (Å²) in [4.78, 5) is 0. The molecule has 0 aliphatic heterocycles. The van der Waals surface area contributed by atoms with Crippen LogP contribution < -0.4 is 4.57 Å². The van der Waals surface area contributed by atoms with Gasteiger partial charge in [0.2, 0.25) is 0 Å². The van der Waals surface area contributed by atoms with Crippen LogP contribution >= 0.6 is 0 Å². The number of aromatic nitrogens is 1. The van der Waals surface area contributed by atoms with Crippen LogP contribution in [-0.2, 0) is 45.3 Å². The third-order valence-electron chi connectivity index (χ3n) is 4.31. The molecule has 0 amide bonds. The van der Waals surface area contributed by atoms with E-state index in [-0.39, 0.29) is 5.41 Å². The highest BCUT2D eigenvalue weighted by molar-refractivity contribution is 8.13. The molecule has 0 unspecified atom stereocenters. The van der Waals surface area contributed by atoms with Crippen molar-refractivity contribution in [2.24, 2.45) is 0 Å². The van der Waals surface area contributed by atoms with Crippen molar-refractivity contribution >= 4 is 28.9 Å². The van der Waals surface area contributed by atoms with E-state index in [0.29, 0.717) is 0 Å². The zero-order chi connectivity index (χ0) is 27.9. The first kappa shape index (κ1) is 33.7. The summed E-state index contributed by atoms with van der Waals surface area (Å²) >= 11 is 0. The third kappa shape index (κ3) is 9.93. The minimum absolute atomic E-state index is 0.138. The second kappa shape index (κ2) is 12.3. The predicted molar refractivity (Wildman–Crippen MR) is 115 cm³/mol. The van der Waals surface area contributed by atoms with Crippen LogP contribution in [-0.4, -0.2) is 58.0 Å². The fourth-order valence-corrected chi connectivity index (χ4v) is 6.00. The Morgan fingerprint density at radius 1 is 0.857 bits per heavy atom. The lowest BCUT2D eigenvalue weighted by Crippen LogP contribution is -2.46. The van der Waals surface area contributed by atoms with Gasteiger partial charge in [0.25, 0.3) is 0 Å². The number of nitrogens with zero attached hydrogens (tertiary/aromatic N) is 2. The Bertz CT molecular complexity index is 972. The number of halogens is 6. The minimum atomic E-state index is -6.72. The van der Waals surface area contributed by atoms with Gasteiger partial charge in [0.1, 0.15) is 6.54 Å². The summed E-state index contributed by atoms with van der Waals surface area (Å²) in [5.74, 6) is 0. The van der Waals surface area contributed by atoms with E-state index >= 15 is 0 Å². The molecule has 206 valence electrons. The molecule has 0 atom stereocenters. The minimum Gasteiger partial charge on any atom is -0.421 e. The van der Waals surface area contributed by atoms with Crippen molar-refractivity contribution in [3.63, 3.8) is 0 Å². The Hall–Kier alpha value is -1.31. The molecule has 1 rings (SSSR count). The molecule has 9 nitrogen and oxygen atoms in total. The number of aryl methyl sites for hydroxylation is 1. The van der Waals surface area contributed by atoms with Crippen LogP contribution in [0, 0.1) is 0 Å². The normalized spacial score (nSPS) is 13.8. The molecule has 0 saturated heterocycles. The van der Waals surface area contributed by atoms with Gasteiger partial charge in [-0.3, -0.25) is 0 Å². The van der Waals surface area contributed by atoms with Crippen LogP contribution in [0.2, 0.25) is 6.04 Å². The first-order chi connectivity index (χ1) is 15.6. The highest BCUT2D eigenvalue weighted by Gasteiger charge is 2.47. The number of pyridine rings is 1. The van der Waals surface area contributed by atoms with Gasteiger partial charge in [-0.25, -0.2) is 21.4 Å². The molecule has 1 aromatic heterocycles. The second-order valence-corrected chi connectivity index (χ2v) is 14.4. The molecular weight excluding hydrogens is 550 g/mol. The summed E-state index contributed by atoms with van der Waals surface area (Å²) in [6.45, 7) is 7.64. The molecule has 18 heteroatoms. The molecular formula is C17H28F6N2O7S2Si. The lowest BCUT2D eigenvalue weighted by Gasteiger charge is -2.24. The molecule has 0 spiro atoms. The molecule has 0 bridgehead atoms. The van der Waals surface area contributed by atoms with Gasteiger partial charge in [-0.2, -0.15) is 26.3 Å². The fourth-order valence-electron chi connectivity index (χ4n) is 2.59. The molecule has 0 saturated carbocycles. The second-order valence-electron chi connectivity index (χ2n) is 7.84. The third-order valence-corrected chi connectivity index (χ3v) is 9.88. The van der Waals surface area contributed by atoms with E-state index in [0.717, 1.165) is 23.1 Å². The molecule has 35 heavy (non-hydrogen) atoms. The average Bonchev–Trinajstić information content (AvgIpc) is 2.69. The van der Waals surface area contributed by atoms with Crippen molar-refractivity contribution in [3.8, 4) is 0 Å². The van der Waals surface area contributed by atoms with Gasteiger partial charge >= 0.3 is 19.8 Å². The monoisotopic (exact) mass is 578 g/mol.